The molecular weight excluding hydrogens is 396 g/mol. The molecule has 2 aromatic rings. The van der Waals surface area contributed by atoms with E-state index in [1.165, 1.54) is 11.4 Å². The summed E-state index contributed by atoms with van der Waals surface area (Å²) in [6.45, 7) is 10.1. The first kappa shape index (κ1) is 22.1. The zero-order chi connectivity index (χ0) is 22.3. The van der Waals surface area contributed by atoms with E-state index in [1.54, 1.807) is 12.1 Å². The summed E-state index contributed by atoms with van der Waals surface area (Å²) in [6, 6.07) is 16.5. The van der Waals surface area contributed by atoms with Crippen LogP contribution in [0.4, 0.5) is 5.69 Å². The van der Waals surface area contributed by atoms with Gasteiger partial charge in [0.15, 0.2) is 4.91 Å². The molecule has 0 saturated carbocycles. The molecule has 0 unspecified atom stereocenters. The van der Waals surface area contributed by atoms with Crippen LogP contribution in [0.15, 0.2) is 59.5 Å². The quantitative estimate of drug-likeness (QED) is 0.780. The molecule has 6 heteroatoms. The summed E-state index contributed by atoms with van der Waals surface area (Å²) < 4.78 is 28.2. The van der Waals surface area contributed by atoms with Crippen molar-refractivity contribution >= 4 is 27.2 Å². The predicted octanol–water partition coefficient (Wildman–Crippen LogP) is 4.56. The number of nitrogens with zero attached hydrogens (tertiary/aromatic N) is 1. The summed E-state index contributed by atoms with van der Waals surface area (Å²) in [5.74, 6) is -0.579. The monoisotopic (exact) mass is 426 g/mol. The number of carbonyl (C=O) groups is 1. The number of carbonyl (C=O) groups excluding carboxylic acids is 1. The lowest BCUT2D eigenvalue weighted by Gasteiger charge is -2.35. The van der Waals surface area contributed by atoms with Crippen molar-refractivity contribution in [2.24, 2.45) is 5.41 Å². The zero-order valence-electron chi connectivity index (χ0n) is 18.5. The molecule has 5 nitrogen and oxygen atoms in total. The molecule has 3 rings (SSSR count). The number of para-hydroxylation sites is 1. The van der Waals surface area contributed by atoms with Crippen LogP contribution in [0.25, 0.3) is 5.57 Å². The fourth-order valence-corrected chi connectivity index (χ4v) is 5.80. The highest BCUT2D eigenvalue weighted by molar-refractivity contribution is 7.97. The molecule has 1 aliphatic rings. The number of anilines is 1. The lowest BCUT2D eigenvalue weighted by molar-refractivity contribution is -0.118. The van der Waals surface area contributed by atoms with Crippen molar-refractivity contribution in [3.63, 3.8) is 0 Å². The second-order valence-electron chi connectivity index (χ2n) is 9.64. The zero-order valence-corrected chi connectivity index (χ0v) is 19.3. The van der Waals surface area contributed by atoms with Gasteiger partial charge in [-0.15, -0.1) is 0 Å². The maximum absolute atomic E-state index is 13.5. The largest absolute Gasteiger partial charge is 0.346 e. The van der Waals surface area contributed by atoms with Crippen LogP contribution in [0.1, 0.15) is 52.2 Å². The van der Waals surface area contributed by atoms with Gasteiger partial charge in [0.1, 0.15) is 0 Å². The van der Waals surface area contributed by atoms with Crippen molar-refractivity contribution in [3.05, 3.63) is 70.6 Å². The highest BCUT2D eigenvalue weighted by Crippen LogP contribution is 2.42. The first-order valence-electron chi connectivity index (χ1n) is 10.0. The number of hydrogen-bond acceptors (Lipinski definition) is 3. The first-order chi connectivity index (χ1) is 13.8. The number of fused-ring (bicyclic) bond motifs is 1. The van der Waals surface area contributed by atoms with Crippen molar-refractivity contribution in [1.82, 2.24) is 5.32 Å². The second kappa shape index (κ2) is 7.58. The maximum Gasteiger partial charge on any atom is 0.270 e. The molecule has 1 aliphatic heterocycles. The summed E-state index contributed by atoms with van der Waals surface area (Å²) in [7, 11) is -2.54. The molecular formula is C24H30N2O3S. The van der Waals surface area contributed by atoms with Gasteiger partial charge in [0.25, 0.3) is 15.9 Å². The summed E-state index contributed by atoms with van der Waals surface area (Å²) in [4.78, 5) is 13.3. The highest BCUT2D eigenvalue weighted by Gasteiger charge is 2.41. The molecule has 0 radical (unpaired) electrons. The molecule has 1 N–H and O–H groups in total. The molecule has 0 aromatic heterocycles. The third-order valence-corrected chi connectivity index (χ3v) is 6.87. The number of sulfonamides is 1. The topological polar surface area (TPSA) is 66.5 Å². The third-order valence-electron chi connectivity index (χ3n) is 5.05. The lowest BCUT2D eigenvalue weighted by atomic mass is 9.81. The standard InChI is InChI=1S/C24H30N2O3S/c1-23(2,3)16-24(4,5)25-22(27)21-20(17-12-8-7-9-13-17)18-14-10-11-15-19(18)26(6)30(21,28)29/h7-15H,16H2,1-6H3,(H,25,27). The molecule has 0 saturated heterocycles. The summed E-state index contributed by atoms with van der Waals surface area (Å²) in [5.41, 5.74) is 1.81. The third kappa shape index (κ3) is 4.29. The van der Waals surface area contributed by atoms with E-state index in [-0.39, 0.29) is 10.3 Å². The summed E-state index contributed by atoms with van der Waals surface area (Å²) >= 11 is 0. The second-order valence-corrected chi connectivity index (χ2v) is 11.5. The minimum atomic E-state index is -4.03. The molecule has 160 valence electrons. The van der Waals surface area contributed by atoms with Gasteiger partial charge in [-0.05, 0) is 37.3 Å². The maximum atomic E-state index is 13.5. The van der Waals surface area contributed by atoms with Crippen LogP contribution in [-0.4, -0.2) is 26.9 Å². The Morgan fingerprint density at radius 2 is 1.50 bits per heavy atom. The van der Waals surface area contributed by atoms with Gasteiger partial charge in [-0.3, -0.25) is 9.10 Å². The van der Waals surface area contributed by atoms with Crippen molar-refractivity contribution in [3.8, 4) is 0 Å². The smallest absolute Gasteiger partial charge is 0.270 e. The van der Waals surface area contributed by atoms with Gasteiger partial charge in [-0.1, -0.05) is 69.3 Å². The molecule has 0 aliphatic carbocycles. The van der Waals surface area contributed by atoms with Crippen LogP contribution in [-0.2, 0) is 14.8 Å². The normalized spacial score (nSPS) is 16.3. The van der Waals surface area contributed by atoms with E-state index in [2.05, 4.69) is 26.1 Å². The van der Waals surface area contributed by atoms with Crippen molar-refractivity contribution in [1.29, 1.82) is 0 Å². The Bertz CT molecular complexity index is 1090. The van der Waals surface area contributed by atoms with Crippen molar-refractivity contribution in [2.75, 3.05) is 11.4 Å². The summed E-state index contributed by atoms with van der Waals surface area (Å²) in [6.07, 6.45) is 0.701. The Hall–Kier alpha value is -2.60. The van der Waals surface area contributed by atoms with Crippen LogP contribution in [0.5, 0.6) is 0 Å². The number of nitrogens with one attached hydrogen (secondary N) is 1. The van der Waals surface area contributed by atoms with E-state index in [4.69, 9.17) is 0 Å². The molecule has 30 heavy (non-hydrogen) atoms. The Kier molecular flexibility index (Phi) is 5.58. The molecule has 1 amide bonds. The van der Waals surface area contributed by atoms with Gasteiger partial charge in [0, 0.05) is 23.7 Å². The van der Waals surface area contributed by atoms with Crippen LogP contribution >= 0.6 is 0 Å². The fourth-order valence-electron chi connectivity index (χ4n) is 4.33. The highest BCUT2D eigenvalue weighted by atomic mass is 32.2. The number of rotatable bonds is 4. The van der Waals surface area contributed by atoms with Crippen LogP contribution in [0.2, 0.25) is 0 Å². The average molecular weight is 427 g/mol. The van der Waals surface area contributed by atoms with E-state index in [1.807, 2.05) is 56.3 Å². The van der Waals surface area contributed by atoms with Crippen LogP contribution in [0.3, 0.4) is 0 Å². The van der Waals surface area contributed by atoms with Gasteiger partial charge in [0.2, 0.25) is 0 Å². The van der Waals surface area contributed by atoms with Crippen molar-refractivity contribution < 1.29 is 13.2 Å². The Morgan fingerprint density at radius 3 is 2.10 bits per heavy atom. The first-order valence-corrected chi connectivity index (χ1v) is 11.5. The van der Waals surface area contributed by atoms with E-state index in [0.717, 1.165) is 5.56 Å². The van der Waals surface area contributed by atoms with Gasteiger partial charge in [-0.25, -0.2) is 8.42 Å². The SMILES string of the molecule is CN1c2ccccc2C(c2ccccc2)=C(C(=O)NC(C)(C)CC(C)(C)C)S1(=O)=O. The minimum absolute atomic E-state index is 0.0255. The fraction of sp³-hybridized carbons (Fsp3) is 0.375. The van der Waals surface area contributed by atoms with Crippen LogP contribution in [0, 0.1) is 5.41 Å². The molecule has 0 spiro atoms. The number of hydrogen-bond donors (Lipinski definition) is 1. The molecule has 0 atom stereocenters. The Balaban J connectivity index is 2.23. The number of benzene rings is 2. The molecule has 1 heterocycles. The van der Waals surface area contributed by atoms with E-state index >= 15 is 0 Å². The predicted molar refractivity (Wildman–Crippen MR) is 123 cm³/mol. The van der Waals surface area contributed by atoms with Crippen LogP contribution < -0.4 is 9.62 Å². The van der Waals surface area contributed by atoms with E-state index in [0.29, 0.717) is 23.2 Å². The molecule has 2 aromatic carbocycles. The lowest BCUT2D eigenvalue weighted by Crippen LogP contribution is -2.49. The molecule has 0 bridgehead atoms. The van der Waals surface area contributed by atoms with Gasteiger partial charge in [0.05, 0.1) is 5.69 Å². The Labute approximate surface area is 179 Å². The number of amides is 1. The van der Waals surface area contributed by atoms with Gasteiger partial charge in [-0.2, -0.15) is 0 Å². The molecule has 0 fully saturated rings. The van der Waals surface area contributed by atoms with Gasteiger partial charge >= 0.3 is 0 Å². The van der Waals surface area contributed by atoms with Crippen molar-refractivity contribution in [2.45, 2.75) is 46.6 Å². The average Bonchev–Trinajstić information content (AvgIpc) is 2.62. The minimum Gasteiger partial charge on any atom is -0.346 e. The summed E-state index contributed by atoms with van der Waals surface area (Å²) in [5, 5.41) is 2.99. The van der Waals surface area contributed by atoms with Gasteiger partial charge < -0.3 is 5.32 Å². The van der Waals surface area contributed by atoms with E-state index in [9.17, 15) is 13.2 Å². The Morgan fingerprint density at radius 1 is 0.933 bits per heavy atom. The van der Waals surface area contributed by atoms with E-state index < -0.39 is 21.5 Å².